The van der Waals surface area contributed by atoms with E-state index in [9.17, 15) is 18.0 Å². The Morgan fingerprint density at radius 1 is 1.35 bits per heavy atom. The zero-order valence-corrected chi connectivity index (χ0v) is 16.4. The summed E-state index contributed by atoms with van der Waals surface area (Å²) >= 11 is 6.01. The Morgan fingerprint density at radius 3 is 2.73 bits per heavy atom. The maximum absolute atomic E-state index is 12.5. The quantitative estimate of drug-likeness (QED) is 0.738. The first kappa shape index (κ1) is 20.7. The molecule has 1 aliphatic rings. The van der Waals surface area contributed by atoms with Crippen LogP contribution in [0.1, 0.15) is 37.0 Å². The Kier molecular flexibility index (Phi) is 7.02. The summed E-state index contributed by atoms with van der Waals surface area (Å²) in [7, 11) is -3.32. The number of sulfonamides is 1. The number of benzene rings is 1. The third kappa shape index (κ3) is 4.96. The van der Waals surface area contributed by atoms with E-state index in [1.807, 2.05) is 0 Å². The van der Waals surface area contributed by atoms with E-state index in [1.54, 1.807) is 19.9 Å². The highest BCUT2D eigenvalue weighted by Gasteiger charge is 2.31. The molecule has 1 aromatic rings. The lowest BCUT2D eigenvalue weighted by molar-refractivity contribution is -0.120. The summed E-state index contributed by atoms with van der Waals surface area (Å²) in [4.78, 5) is 24.4. The molecule has 2 rings (SSSR count). The van der Waals surface area contributed by atoms with Crippen LogP contribution < -0.4 is 5.32 Å². The van der Waals surface area contributed by atoms with Gasteiger partial charge in [-0.05, 0) is 44.9 Å². The van der Waals surface area contributed by atoms with Gasteiger partial charge in [0.2, 0.25) is 15.9 Å². The number of carbonyl (C=O) groups excluding carboxylic acids is 2. The largest absolute Gasteiger partial charge is 0.462 e. The van der Waals surface area contributed by atoms with Gasteiger partial charge in [0.05, 0.1) is 28.9 Å². The topological polar surface area (TPSA) is 92.8 Å². The third-order valence-electron chi connectivity index (χ3n) is 4.24. The number of piperidine rings is 1. The predicted octanol–water partition coefficient (Wildman–Crippen LogP) is 2.52. The Balaban J connectivity index is 2.10. The van der Waals surface area contributed by atoms with Crippen molar-refractivity contribution >= 4 is 39.2 Å². The van der Waals surface area contributed by atoms with E-state index in [-0.39, 0.29) is 35.4 Å². The molecule has 1 fully saturated rings. The number of esters is 1. The number of amides is 1. The van der Waals surface area contributed by atoms with E-state index < -0.39 is 21.9 Å². The van der Waals surface area contributed by atoms with Gasteiger partial charge in [0.25, 0.3) is 0 Å². The summed E-state index contributed by atoms with van der Waals surface area (Å²) in [6.07, 6.45) is 1.24. The number of halogens is 1. The van der Waals surface area contributed by atoms with Gasteiger partial charge in [-0.25, -0.2) is 17.5 Å². The van der Waals surface area contributed by atoms with Gasteiger partial charge in [-0.15, -0.1) is 0 Å². The lowest BCUT2D eigenvalue weighted by atomic mass is 9.98. The molecule has 1 atom stereocenters. The van der Waals surface area contributed by atoms with Crippen molar-refractivity contribution in [2.45, 2.75) is 26.7 Å². The van der Waals surface area contributed by atoms with Crippen LogP contribution in [0.4, 0.5) is 5.69 Å². The average molecular weight is 403 g/mol. The normalized spacial score (nSPS) is 18.3. The molecule has 1 amide bonds. The van der Waals surface area contributed by atoms with E-state index in [0.717, 1.165) is 0 Å². The summed E-state index contributed by atoms with van der Waals surface area (Å²) in [5, 5.41) is 2.97. The van der Waals surface area contributed by atoms with Crippen molar-refractivity contribution < 1.29 is 22.7 Å². The van der Waals surface area contributed by atoms with Crippen molar-refractivity contribution in [1.29, 1.82) is 0 Å². The Morgan fingerprint density at radius 2 is 2.08 bits per heavy atom. The summed E-state index contributed by atoms with van der Waals surface area (Å²) in [6.45, 7) is 4.10. The molecule has 0 bridgehead atoms. The van der Waals surface area contributed by atoms with Gasteiger partial charge in [-0.2, -0.15) is 0 Å². The zero-order chi connectivity index (χ0) is 19.3. The monoisotopic (exact) mass is 402 g/mol. The number of nitrogens with one attached hydrogen (secondary N) is 1. The molecule has 26 heavy (non-hydrogen) atoms. The molecular weight excluding hydrogens is 380 g/mol. The molecule has 1 saturated heterocycles. The molecule has 144 valence electrons. The van der Waals surface area contributed by atoms with Crippen LogP contribution >= 0.6 is 11.6 Å². The Labute approximate surface area is 158 Å². The first-order valence-electron chi connectivity index (χ1n) is 8.53. The number of nitrogens with zero attached hydrogens (tertiary/aromatic N) is 1. The molecule has 0 unspecified atom stereocenters. The second kappa shape index (κ2) is 8.83. The van der Waals surface area contributed by atoms with Crippen LogP contribution in [0.3, 0.4) is 0 Å². The number of hydrogen-bond donors (Lipinski definition) is 1. The molecule has 7 nitrogen and oxygen atoms in total. The minimum absolute atomic E-state index is 0.0153. The van der Waals surface area contributed by atoms with Crippen LogP contribution in [-0.2, 0) is 19.6 Å². The van der Waals surface area contributed by atoms with Crippen molar-refractivity contribution in [2.75, 3.05) is 30.8 Å². The fourth-order valence-electron chi connectivity index (χ4n) is 2.80. The molecule has 9 heteroatoms. The van der Waals surface area contributed by atoms with Crippen LogP contribution in [0, 0.1) is 5.92 Å². The Hall–Kier alpha value is -1.64. The van der Waals surface area contributed by atoms with E-state index >= 15 is 0 Å². The van der Waals surface area contributed by atoms with Crippen molar-refractivity contribution in [3.05, 3.63) is 28.8 Å². The SMILES string of the molecule is CCOC(=O)c1cc(NC(=O)[C@@H]2CCCN(S(=O)(=O)CC)C2)ccc1Cl. The smallest absolute Gasteiger partial charge is 0.339 e. The molecule has 0 aliphatic carbocycles. The zero-order valence-electron chi connectivity index (χ0n) is 14.8. The fraction of sp³-hybridized carbons (Fsp3) is 0.529. The van der Waals surface area contributed by atoms with Crippen LogP contribution in [0.15, 0.2) is 18.2 Å². The number of ether oxygens (including phenoxy) is 1. The maximum Gasteiger partial charge on any atom is 0.339 e. The molecular formula is C17H23ClN2O5S. The van der Waals surface area contributed by atoms with Crippen LogP contribution in [0.25, 0.3) is 0 Å². The highest BCUT2D eigenvalue weighted by molar-refractivity contribution is 7.89. The van der Waals surface area contributed by atoms with Gasteiger partial charge in [-0.1, -0.05) is 11.6 Å². The van der Waals surface area contributed by atoms with E-state index in [1.165, 1.54) is 16.4 Å². The second-order valence-corrected chi connectivity index (χ2v) is 8.67. The van der Waals surface area contributed by atoms with Crippen molar-refractivity contribution in [2.24, 2.45) is 5.92 Å². The number of hydrogen-bond acceptors (Lipinski definition) is 5. The molecule has 1 heterocycles. The molecule has 0 aromatic heterocycles. The highest BCUT2D eigenvalue weighted by Crippen LogP contribution is 2.24. The van der Waals surface area contributed by atoms with Crippen molar-refractivity contribution in [3.63, 3.8) is 0 Å². The molecule has 0 saturated carbocycles. The van der Waals surface area contributed by atoms with E-state index in [2.05, 4.69) is 5.32 Å². The van der Waals surface area contributed by atoms with Crippen molar-refractivity contribution in [1.82, 2.24) is 4.31 Å². The second-order valence-electron chi connectivity index (χ2n) is 6.00. The first-order valence-corrected chi connectivity index (χ1v) is 10.5. The predicted molar refractivity (Wildman–Crippen MR) is 99.8 cm³/mol. The van der Waals surface area contributed by atoms with Crippen LogP contribution in [0.5, 0.6) is 0 Å². The Bertz CT molecular complexity index is 781. The highest BCUT2D eigenvalue weighted by atomic mass is 35.5. The van der Waals surface area contributed by atoms with Crippen molar-refractivity contribution in [3.8, 4) is 0 Å². The number of anilines is 1. The lowest BCUT2D eigenvalue weighted by Gasteiger charge is -2.30. The molecule has 1 aromatic carbocycles. The van der Waals surface area contributed by atoms with E-state index in [4.69, 9.17) is 16.3 Å². The fourth-order valence-corrected chi connectivity index (χ4v) is 4.18. The summed E-state index contributed by atoms with van der Waals surface area (Å²) in [5.41, 5.74) is 0.586. The molecule has 0 spiro atoms. The summed E-state index contributed by atoms with van der Waals surface area (Å²) in [5.74, 6) is -1.27. The van der Waals surface area contributed by atoms with Gasteiger partial charge in [0, 0.05) is 18.8 Å². The molecule has 1 N–H and O–H groups in total. The minimum Gasteiger partial charge on any atom is -0.462 e. The first-order chi connectivity index (χ1) is 12.3. The maximum atomic E-state index is 12.5. The summed E-state index contributed by atoms with van der Waals surface area (Å²) in [6, 6.07) is 4.56. The van der Waals surface area contributed by atoms with Crippen LogP contribution in [0.2, 0.25) is 5.02 Å². The third-order valence-corrected chi connectivity index (χ3v) is 6.42. The van der Waals surface area contributed by atoms with Gasteiger partial charge >= 0.3 is 5.97 Å². The minimum atomic E-state index is -3.32. The van der Waals surface area contributed by atoms with E-state index in [0.29, 0.717) is 25.1 Å². The van der Waals surface area contributed by atoms with Crippen LogP contribution in [-0.4, -0.2) is 50.0 Å². The molecule has 0 radical (unpaired) electrons. The number of carbonyl (C=O) groups is 2. The van der Waals surface area contributed by atoms with Gasteiger partial charge in [0.1, 0.15) is 0 Å². The lowest BCUT2D eigenvalue weighted by Crippen LogP contribution is -2.44. The standard InChI is InChI=1S/C17H23ClN2O5S/c1-3-25-17(22)14-10-13(7-8-15(14)18)19-16(21)12-6-5-9-20(11-12)26(23,24)4-2/h7-8,10,12H,3-6,9,11H2,1-2H3,(H,19,21)/t12-/m1/s1. The van der Waals surface area contributed by atoms with Gasteiger partial charge in [-0.3, -0.25) is 4.79 Å². The van der Waals surface area contributed by atoms with Gasteiger partial charge < -0.3 is 10.1 Å². The summed E-state index contributed by atoms with van der Waals surface area (Å²) < 4.78 is 30.4. The average Bonchev–Trinajstić information content (AvgIpc) is 2.63. The number of rotatable bonds is 6. The van der Waals surface area contributed by atoms with Gasteiger partial charge in [0.15, 0.2) is 0 Å². The molecule has 1 aliphatic heterocycles.